The third kappa shape index (κ3) is 2.63. The highest BCUT2D eigenvalue weighted by Crippen LogP contribution is 2.28. The molecule has 0 amide bonds. The number of aryl methyl sites for hydroxylation is 1. The van der Waals surface area contributed by atoms with Crippen molar-refractivity contribution in [1.29, 1.82) is 0 Å². The van der Waals surface area contributed by atoms with Gasteiger partial charge >= 0.3 is 0 Å². The van der Waals surface area contributed by atoms with E-state index in [0.717, 1.165) is 17.0 Å². The number of aromatic nitrogens is 2. The molecule has 4 nitrogen and oxygen atoms in total. The molecule has 1 unspecified atom stereocenters. The van der Waals surface area contributed by atoms with Gasteiger partial charge in [0.2, 0.25) is 0 Å². The predicted molar refractivity (Wildman–Crippen MR) is 76.3 cm³/mol. The fourth-order valence-electron chi connectivity index (χ4n) is 2.18. The zero-order valence-corrected chi connectivity index (χ0v) is 11.9. The summed E-state index contributed by atoms with van der Waals surface area (Å²) < 4.78 is 7.07. The van der Waals surface area contributed by atoms with Crippen LogP contribution < -0.4 is 10.5 Å². The average molecular weight is 259 g/mol. The van der Waals surface area contributed by atoms with Crippen LogP contribution in [0.4, 0.5) is 0 Å². The van der Waals surface area contributed by atoms with E-state index in [2.05, 4.69) is 43.2 Å². The Bertz CT molecular complexity index is 543. The van der Waals surface area contributed by atoms with Crippen LogP contribution in [0.1, 0.15) is 42.6 Å². The van der Waals surface area contributed by atoms with Gasteiger partial charge in [0.15, 0.2) is 5.75 Å². The normalized spacial score (nSPS) is 12.7. The molecular weight excluding hydrogens is 238 g/mol. The van der Waals surface area contributed by atoms with E-state index in [9.17, 15) is 0 Å². The van der Waals surface area contributed by atoms with Crippen LogP contribution in [0, 0.1) is 0 Å². The summed E-state index contributed by atoms with van der Waals surface area (Å²) in [6, 6.07) is 8.17. The van der Waals surface area contributed by atoms with Crippen molar-refractivity contribution in [2.75, 3.05) is 7.11 Å². The largest absolute Gasteiger partial charge is 0.493 e. The first kappa shape index (κ1) is 13.6. The number of nitrogens with zero attached hydrogens (tertiary/aromatic N) is 2. The van der Waals surface area contributed by atoms with Crippen molar-refractivity contribution >= 4 is 0 Å². The van der Waals surface area contributed by atoms with Crippen LogP contribution >= 0.6 is 0 Å². The van der Waals surface area contributed by atoms with Crippen LogP contribution in [-0.2, 0) is 7.05 Å². The summed E-state index contributed by atoms with van der Waals surface area (Å²) >= 11 is 0. The number of nitrogens with two attached hydrogens (primary N) is 1. The molecule has 2 aromatic rings. The zero-order chi connectivity index (χ0) is 14.0. The summed E-state index contributed by atoms with van der Waals surface area (Å²) in [5.41, 5.74) is 9.59. The van der Waals surface area contributed by atoms with E-state index in [1.165, 1.54) is 5.56 Å². The molecule has 0 aliphatic carbocycles. The maximum atomic E-state index is 6.32. The zero-order valence-electron chi connectivity index (χ0n) is 11.9. The molecule has 0 saturated carbocycles. The number of ether oxygens (including phenoxy) is 1. The molecule has 0 aliphatic heterocycles. The molecule has 1 heterocycles. The third-order valence-electron chi connectivity index (χ3n) is 3.43. The standard InChI is InChI=1S/C15H21N3O/c1-10(2)11-5-7-12(8-6-11)14(16)15-13(19-4)9-17-18(15)3/h5-10,14H,16H2,1-4H3. The van der Waals surface area contributed by atoms with E-state index in [0.29, 0.717) is 5.92 Å². The molecule has 0 bridgehead atoms. The fraction of sp³-hybridized carbons (Fsp3) is 0.400. The lowest BCUT2D eigenvalue weighted by Gasteiger charge is -2.15. The topological polar surface area (TPSA) is 53.1 Å². The van der Waals surface area contributed by atoms with Gasteiger partial charge < -0.3 is 10.5 Å². The Morgan fingerprint density at radius 3 is 2.26 bits per heavy atom. The van der Waals surface area contributed by atoms with Gasteiger partial charge in [0, 0.05) is 7.05 Å². The first-order chi connectivity index (χ1) is 9.04. The molecule has 0 aliphatic rings. The van der Waals surface area contributed by atoms with Gasteiger partial charge in [-0.05, 0) is 17.0 Å². The van der Waals surface area contributed by atoms with Crippen molar-refractivity contribution in [1.82, 2.24) is 9.78 Å². The highest BCUT2D eigenvalue weighted by Gasteiger charge is 2.18. The summed E-state index contributed by atoms with van der Waals surface area (Å²) in [6.45, 7) is 4.36. The van der Waals surface area contributed by atoms with Gasteiger partial charge in [0.05, 0.1) is 19.3 Å². The lowest BCUT2D eigenvalue weighted by atomic mass is 9.98. The second kappa shape index (κ2) is 5.45. The Morgan fingerprint density at radius 2 is 1.74 bits per heavy atom. The summed E-state index contributed by atoms with van der Waals surface area (Å²) in [7, 11) is 3.51. The molecule has 0 spiro atoms. The monoisotopic (exact) mass is 259 g/mol. The molecule has 4 heteroatoms. The number of benzene rings is 1. The number of hydrogen-bond acceptors (Lipinski definition) is 3. The molecular formula is C15H21N3O. The number of hydrogen-bond donors (Lipinski definition) is 1. The molecule has 0 saturated heterocycles. The third-order valence-corrected chi connectivity index (χ3v) is 3.43. The number of rotatable bonds is 4. The van der Waals surface area contributed by atoms with E-state index in [1.807, 2.05) is 7.05 Å². The van der Waals surface area contributed by atoms with Crippen LogP contribution in [0.3, 0.4) is 0 Å². The minimum Gasteiger partial charge on any atom is -0.493 e. The SMILES string of the molecule is COc1cnn(C)c1C(N)c1ccc(C(C)C)cc1. The van der Waals surface area contributed by atoms with Gasteiger partial charge in [-0.3, -0.25) is 4.68 Å². The molecule has 19 heavy (non-hydrogen) atoms. The molecule has 2 rings (SSSR count). The fourth-order valence-corrected chi connectivity index (χ4v) is 2.18. The van der Waals surface area contributed by atoms with Gasteiger partial charge in [-0.25, -0.2) is 0 Å². The molecule has 102 valence electrons. The van der Waals surface area contributed by atoms with E-state index in [1.54, 1.807) is 18.0 Å². The van der Waals surface area contributed by atoms with Gasteiger partial charge in [-0.15, -0.1) is 0 Å². The summed E-state index contributed by atoms with van der Waals surface area (Å²) in [4.78, 5) is 0. The minimum atomic E-state index is -0.233. The van der Waals surface area contributed by atoms with E-state index >= 15 is 0 Å². The van der Waals surface area contributed by atoms with Gasteiger partial charge in [0.25, 0.3) is 0 Å². The lowest BCUT2D eigenvalue weighted by molar-refractivity contribution is 0.406. The summed E-state index contributed by atoms with van der Waals surface area (Å²) in [5, 5.41) is 4.19. The number of methoxy groups -OCH3 is 1. The quantitative estimate of drug-likeness (QED) is 0.918. The van der Waals surface area contributed by atoms with Crippen LogP contribution in [0.5, 0.6) is 5.75 Å². The van der Waals surface area contributed by atoms with Crippen molar-refractivity contribution < 1.29 is 4.74 Å². The minimum absolute atomic E-state index is 0.233. The summed E-state index contributed by atoms with van der Waals surface area (Å²) in [6.07, 6.45) is 1.69. The van der Waals surface area contributed by atoms with Crippen LogP contribution in [0.15, 0.2) is 30.5 Å². The van der Waals surface area contributed by atoms with E-state index in [4.69, 9.17) is 10.5 Å². The van der Waals surface area contributed by atoms with Gasteiger partial charge in [-0.2, -0.15) is 5.10 Å². The van der Waals surface area contributed by atoms with Crippen molar-refractivity contribution in [3.8, 4) is 5.75 Å². The van der Waals surface area contributed by atoms with Gasteiger partial charge in [0.1, 0.15) is 5.69 Å². The second-order valence-corrected chi connectivity index (χ2v) is 5.02. The molecule has 0 fully saturated rings. The Labute approximate surface area is 114 Å². The van der Waals surface area contributed by atoms with E-state index < -0.39 is 0 Å². The maximum Gasteiger partial charge on any atom is 0.161 e. The second-order valence-electron chi connectivity index (χ2n) is 5.02. The molecule has 1 atom stereocenters. The molecule has 1 aromatic carbocycles. The first-order valence-corrected chi connectivity index (χ1v) is 6.46. The lowest BCUT2D eigenvalue weighted by Crippen LogP contribution is -2.16. The Kier molecular flexibility index (Phi) is 3.90. The van der Waals surface area contributed by atoms with Crippen molar-refractivity contribution in [3.05, 3.63) is 47.3 Å². The smallest absolute Gasteiger partial charge is 0.161 e. The van der Waals surface area contributed by atoms with E-state index in [-0.39, 0.29) is 6.04 Å². The summed E-state index contributed by atoms with van der Waals surface area (Å²) in [5.74, 6) is 1.25. The van der Waals surface area contributed by atoms with Crippen molar-refractivity contribution in [3.63, 3.8) is 0 Å². The van der Waals surface area contributed by atoms with Crippen molar-refractivity contribution in [2.24, 2.45) is 12.8 Å². The molecule has 0 radical (unpaired) electrons. The molecule has 2 N–H and O–H groups in total. The van der Waals surface area contributed by atoms with Crippen molar-refractivity contribution in [2.45, 2.75) is 25.8 Å². The predicted octanol–water partition coefficient (Wildman–Crippen LogP) is 2.60. The van der Waals surface area contributed by atoms with Crippen LogP contribution in [0.2, 0.25) is 0 Å². The highest BCUT2D eigenvalue weighted by molar-refractivity contribution is 5.37. The van der Waals surface area contributed by atoms with Crippen LogP contribution in [-0.4, -0.2) is 16.9 Å². The average Bonchev–Trinajstić information content (AvgIpc) is 2.79. The Morgan fingerprint density at radius 1 is 1.16 bits per heavy atom. The highest BCUT2D eigenvalue weighted by atomic mass is 16.5. The Balaban J connectivity index is 2.33. The Hall–Kier alpha value is -1.81. The maximum absolute atomic E-state index is 6.32. The molecule has 1 aromatic heterocycles. The van der Waals surface area contributed by atoms with Gasteiger partial charge in [-0.1, -0.05) is 38.1 Å². The first-order valence-electron chi connectivity index (χ1n) is 6.46. The van der Waals surface area contributed by atoms with Crippen LogP contribution in [0.25, 0.3) is 0 Å².